The number of aryl methyl sites for hydroxylation is 1. The standard InChI is InChI=1S/C16H19BrN2O/c1-11-8-12(6-7-19-11)15(18-2)10-13-9-14(17)4-5-16(13)20-3/h4-9,15,18H,10H2,1-3H3. The first-order chi connectivity index (χ1) is 9.63. The largest absolute Gasteiger partial charge is 0.496 e. The SMILES string of the molecule is CNC(Cc1cc(Br)ccc1OC)c1ccnc(C)c1. The monoisotopic (exact) mass is 334 g/mol. The maximum Gasteiger partial charge on any atom is 0.122 e. The molecule has 2 rings (SSSR count). The van der Waals surface area contributed by atoms with Crippen molar-refractivity contribution in [3.63, 3.8) is 0 Å². The van der Waals surface area contributed by atoms with Crippen LogP contribution in [0.25, 0.3) is 0 Å². The van der Waals surface area contributed by atoms with Gasteiger partial charge in [-0.1, -0.05) is 15.9 Å². The number of nitrogens with one attached hydrogen (secondary N) is 1. The van der Waals surface area contributed by atoms with Crippen LogP contribution >= 0.6 is 15.9 Å². The number of pyridine rings is 1. The van der Waals surface area contributed by atoms with Gasteiger partial charge in [-0.25, -0.2) is 0 Å². The van der Waals surface area contributed by atoms with Gasteiger partial charge in [0.05, 0.1) is 7.11 Å². The average Bonchev–Trinajstić information content (AvgIpc) is 2.45. The summed E-state index contributed by atoms with van der Waals surface area (Å²) in [6.07, 6.45) is 2.72. The van der Waals surface area contributed by atoms with Crippen LogP contribution in [0.4, 0.5) is 0 Å². The second kappa shape index (κ2) is 6.86. The first-order valence-corrected chi connectivity index (χ1v) is 7.35. The fourth-order valence-corrected chi connectivity index (χ4v) is 2.71. The Morgan fingerprint density at radius 2 is 2.10 bits per heavy atom. The molecule has 0 radical (unpaired) electrons. The molecule has 0 saturated carbocycles. The van der Waals surface area contributed by atoms with Crippen molar-refractivity contribution in [1.82, 2.24) is 10.3 Å². The van der Waals surface area contributed by atoms with E-state index in [2.05, 4.69) is 44.4 Å². The molecule has 1 atom stereocenters. The Morgan fingerprint density at radius 1 is 1.30 bits per heavy atom. The minimum Gasteiger partial charge on any atom is -0.496 e. The van der Waals surface area contributed by atoms with Gasteiger partial charge in [0.1, 0.15) is 5.75 Å². The van der Waals surface area contributed by atoms with Gasteiger partial charge in [0.15, 0.2) is 0 Å². The van der Waals surface area contributed by atoms with Gasteiger partial charge in [0.25, 0.3) is 0 Å². The van der Waals surface area contributed by atoms with E-state index in [1.54, 1.807) is 7.11 Å². The minimum absolute atomic E-state index is 0.236. The van der Waals surface area contributed by atoms with E-state index in [0.717, 1.165) is 22.3 Å². The fourth-order valence-electron chi connectivity index (χ4n) is 2.30. The Morgan fingerprint density at radius 3 is 2.75 bits per heavy atom. The molecule has 0 aliphatic rings. The number of likely N-dealkylation sites (N-methyl/N-ethyl adjacent to an activating group) is 1. The predicted octanol–water partition coefficient (Wildman–Crippen LogP) is 3.66. The van der Waals surface area contributed by atoms with Crippen LogP contribution in [0.3, 0.4) is 0 Å². The summed E-state index contributed by atoms with van der Waals surface area (Å²) in [6.45, 7) is 2.01. The van der Waals surface area contributed by atoms with Crippen molar-refractivity contribution in [2.24, 2.45) is 0 Å². The number of rotatable bonds is 5. The Bertz CT molecular complexity index is 586. The van der Waals surface area contributed by atoms with E-state index in [1.165, 1.54) is 11.1 Å². The van der Waals surface area contributed by atoms with Crippen molar-refractivity contribution in [3.8, 4) is 5.75 Å². The highest BCUT2D eigenvalue weighted by atomic mass is 79.9. The van der Waals surface area contributed by atoms with Crippen LogP contribution in [-0.4, -0.2) is 19.1 Å². The molecule has 106 valence electrons. The quantitative estimate of drug-likeness (QED) is 0.905. The number of methoxy groups -OCH3 is 1. The number of halogens is 1. The van der Waals surface area contributed by atoms with Gasteiger partial charge in [-0.15, -0.1) is 0 Å². The molecule has 3 nitrogen and oxygen atoms in total. The predicted molar refractivity (Wildman–Crippen MR) is 85.2 cm³/mol. The lowest BCUT2D eigenvalue weighted by atomic mass is 9.98. The summed E-state index contributed by atoms with van der Waals surface area (Å²) < 4.78 is 6.51. The molecule has 0 aliphatic carbocycles. The van der Waals surface area contributed by atoms with Crippen molar-refractivity contribution >= 4 is 15.9 Å². The molecule has 0 spiro atoms. The van der Waals surface area contributed by atoms with Gasteiger partial charge in [-0.2, -0.15) is 0 Å². The van der Waals surface area contributed by atoms with E-state index in [1.807, 2.05) is 32.3 Å². The summed E-state index contributed by atoms with van der Waals surface area (Å²) >= 11 is 3.52. The molecule has 4 heteroatoms. The van der Waals surface area contributed by atoms with Gasteiger partial charge >= 0.3 is 0 Å². The maximum atomic E-state index is 5.44. The van der Waals surface area contributed by atoms with E-state index >= 15 is 0 Å². The molecule has 20 heavy (non-hydrogen) atoms. The van der Waals surface area contributed by atoms with E-state index in [4.69, 9.17) is 4.74 Å². The normalized spacial score (nSPS) is 12.2. The molecule has 1 aromatic carbocycles. The minimum atomic E-state index is 0.236. The zero-order chi connectivity index (χ0) is 14.5. The van der Waals surface area contributed by atoms with Crippen LogP contribution in [0.15, 0.2) is 41.0 Å². The summed E-state index contributed by atoms with van der Waals surface area (Å²) in [5, 5.41) is 3.37. The molecule has 0 saturated heterocycles. The summed E-state index contributed by atoms with van der Waals surface area (Å²) in [5.41, 5.74) is 3.45. The maximum absolute atomic E-state index is 5.44. The van der Waals surface area contributed by atoms with Gasteiger partial charge in [-0.3, -0.25) is 4.98 Å². The third-order valence-electron chi connectivity index (χ3n) is 3.34. The molecule has 1 N–H and O–H groups in total. The molecular weight excluding hydrogens is 316 g/mol. The first-order valence-electron chi connectivity index (χ1n) is 6.56. The van der Waals surface area contributed by atoms with Crippen LogP contribution < -0.4 is 10.1 Å². The Balaban J connectivity index is 2.28. The molecular formula is C16H19BrN2O. The van der Waals surface area contributed by atoms with Gasteiger partial charge in [-0.05, 0) is 61.9 Å². The Hall–Kier alpha value is -1.39. The van der Waals surface area contributed by atoms with Crippen LogP contribution in [0.1, 0.15) is 22.9 Å². The van der Waals surface area contributed by atoms with Gasteiger partial charge in [0, 0.05) is 22.4 Å². The van der Waals surface area contributed by atoms with Crippen molar-refractivity contribution in [3.05, 3.63) is 57.8 Å². The molecule has 2 aromatic rings. The third-order valence-corrected chi connectivity index (χ3v) is 3.83. The number of hydrogen-bond donors (Lipinski definition) is 1. The first kappa shape index (κ1) is 15.0. The smallest absolute Gasteiger partial charge is 0.122 e. The van der Waals surface area contributed by atoms with E-state index in [0.29, 0.717) is 0 Å². The Kier molecular flexibility index (Phi) is 5.15. The number of aromatic nitrogens is 1. The summed E-state index contributed by atoms with van der Waals surface area (Å²) in [4.78, 5) is 4.25. The molecule has 1 heterocycles. The van der Waals surface area contributed by atoms with Crippen LogP contribution in [0.5, 0.6) is 5.75 Å². The number of ether oxygens (including phenoxy) is 1. The van der Waals surface area contributed by atoms with Gasteiger partial charge in [0.2, 0.25) is 0 Å². The van der Waals surface area contributed by atoms with E-state index in [-0.39, 0.29) is 6.04 Å². The third kappa shape index (κ3) is 3.58. The molecule has 0 amide bonds. The lowest BCUT2D eigenvalue weighted by molar-refractivity contribution is 0.406. The van der Waals surface area contributed by atoms with Crippen LogP contribution in [0, 0.1) is 6.92 Å². The van der Waals surface area contributed by atoms with E-state index in [9.17, 15) is 0 Å². The van der Waals surface area contributed by atoms with Crippen molar-refractivity contribution in [2.45, 2.75) is 19.4 Å². The Labute approximate surface area is 128 Å². The van der Waals surface area contributed by atoms with Crippen LogP contribution in [-0.2, 0) is 6.42 Å². The van der Waals surface area contributed by atoms with Crippen molar-refractivity contribution in [1.29, 1.82) is 0 Å². The number of hydrogen-bond acceptors (Lipinski definition) is 3. The highest BCUT2D eigenvalue weighted by Gasteiger charge is 2.14. The molecule has 0 fully saturated rings. The second-order valence-electron chi connectivity index (χ2n) is 4.73. The fraction of sp³-hybridized carbons (Fsp3) is 0.312. The van der Waals surface area contributed by atoms with Crippen molar-refractivity contribution < 1.29 is 4.74 Å². The van der Waals surface area contributed by atoms with Gasteiger partial charge < -0.3 is 10.1 Å². The zero-order valence-corrected chi connectivity index (χ0v) is 13.6. The summed E-state index contributed by atoms with van der Waals surface area (Å²) in [6, 6.07) is 10.5. The molecule has 0 bridgehead atoms. The summed E-state index contributed by atoms with van der Waals surface area (Å²) in [5.74, 6) is 0.916. The molecule has 1 unspecified atom stereocenters. The summed E-state index contributed by atoms with van der Waals surface area (Å²) in [7, 11) is 3.68. The number of nitrogens with zero attached hydrogens (tertiary/aromatic N) is 1. The molecule has 0 aliphatic heterocycles. The van der Waals surface area contributed by atoms with Crippen LogP contribution in [0.2, 0.25) is 0 Å². The topological polar surface area (TPSA) is 34.1 Å². The highest BCUT2D eigenvalue weighted by molar-refractivity contribution is 9.10. The number of benzene rings is 1. The van der Waals surface area contributed by atoms with E-state index < -0.39 is 0 Å². The lowest BCUT2D eigenvalue weighted by Crippen LogP contribution is -2.19. The van der Waals surface area contributed by atoms with Crippen molar-refractivity contribution in [2.75, 3.05) is 14.2 Å². The lowest BCUT2D eigenvalue weighted by Gasteiger charge is -2.19. The zero-order valence-electron chi connectivity index (χ0n) is 12.0. The second-order valence-corrected chi connectivity index (χ2v) is 5.65. The molecule has 1 aromatic heterocycles. The average molecular weight is 335 g/mol. The highest BCUT2D eigenvalue weighted by Crippen LogP contribution is 2.28.